The topological polar surface area (TPSA) is 53.5 Å². The summed E-state index contributed by atoms with van der Waals surface area (Å²) in [5, 5.41) is 7.53. The van der Waals surface area contributed by atoms with Gasteiger partial charge in [-0.1, -0.05) is 37.9 Å². The van der Waals surface area contributed by atoms with Crippen molar-refractivity contribution in [2.24, 2.45) is 4.99 Å². The first-order valence-electron chi connectivity index (χ1n) is 7.46. The second-order valence-corrected chi connectivity index (χ2v) is 6.51. The van der Waals surface area contributed by atoms with Gasteiger partial charge in [0, 0.05) is 24.3 Å². The highest BCUT2D eigenvalue weighted by Crippen LogP contribution is 2.36. The molecular weight excluding hydrogens is 258 g/mol. The van der Waals surface area contributed by atoms with Crippen LogP contribution in [0.1, 0.15) is 51.9 Å². The Morgan fingerprint density at radius 1 is 1.42 bits per heavy atom. The average Bonchev–Trinajstić information content (AvgIpc) is 2.80. The van der Waals surface area contributed by atoms with Crippen LogP contribution in [0, 0.1) is 0 Å². The second-order valence-electron chi connectivity index (χ2n) is 5.54. The van der Waals surface area contributed by atoms with Crippen LogP contribution in [-0.4, -0.2) is 35.5 Å². The summed E-state index contributed by atoms with van der Waals surface area (Å²) in [6, 6.07) is 0. The summed E-state index contributed by atoms with van der Waals surface area (Å²) >= 11 is 1.82. The number of amidine groups is 1. The van der Waals surface area contributed by atoms with Crippen molar-refractivity contribution in [3.8, 4) is 0 Å². The van der Waals surface area contributed by atoms with Gasteiger partial charge in [0.25, 0.3) is 0 Å². The molecule has 0 radical (unpaired) electrons. The molecule has 0 aromatic rings. The van der Waals surface area contributed by atoms with Gasteiger partial charge in [-0.2, -0.15) is 0 Å². The molecular formula is C14H25N3OS. The molecule has 0 aromatic heterocycles. The van der Waals surface area contributed by atoms with Crippen LogP contribution in [0.5, 0.6) is 0 Å². The standard InChI is InChI=1S/C14H25N3OS/c1-2-9-15-12(18)6-10-16-13-17-14(11-19-13)7-4-3-5-8-14/h2-11H2,1H3,(H,15,18)(H,16,17). The van der Waals surface area contributed by atoms with E-state index in [2.05, 4.69) is 22.5 Å². The second kappa shape index (κ2) is 7.17. The molecule has 1 spiro atoms. The summed E-state index contributed by atoms with van der Waals surface area (Å²) in [4.78, 5) is 16.0. The van der Waals surface area contributed by atoms with E-state index in [0.717, 1.165) is 23.9 Å². The fourth-order valence-corrected chi connectivity index (χ4v) is 3.95. The van der Waals surface area contributed by atoms with Crippen molar-refractivity contribution < 1.29 is 4.79 Å². The van der Waals surface area contributed by atoms with Gasteiger partial charge in [-0.3, -0.25) is 9.79 Å². The highest BCUT2D eigenvalue weighted by atomic mass is 32.2. The SMILES string of the molecule is CCCNC(=O)CCN=C1NC2(CCCCC2)CS1. The van der Waals surface area contributed by atoms with Crippen molar-refractivity contribution in [1.29, 1.82) is 0 Å². The van der Waals surface area contributed by atoms with E-state index < -0.39 is 0 Å². The van der Waals surface area contributed by atoms with Crippen molar-refractivity contribution >= 4 is 22.8 Å². The molecule has 0 bridgehead atoms. The number of hydrogen-bond acceptors (Lipinski definition) is 3. The quantitative estimate of drug-likeness (QED) is 0.814. The maximum absolute atomic E-state index is 11.5. The zero-order valence-corrected chi connectivity index (χ0v) is 12.7. The number of amides is 1. The van der Waals surface area contributed by atoms with Gasteiger partial charge in [0.05, 0.1) is 6.54 Å². The number of aliphatic imine (C=N–C) groups is 1. The Hall–Kier alpha value is -0.710. The number of nitrogens with zero attached hydrogens (tertiary/aromatic N) is 1. The molecule has 4 nitrogen and oxygen atoms in total. The molecule has 0 unspecified atom stereocenters. The number of hydrogen-bond donors (Lipinski definition) is 2. The Morgan fingerprint density at radius 3 is 2.95 bits per heavy atom. The number of rotatable bonds is 5. The maximum atomic E-state index is 11.5. The fraction of sp³-hybridized carbons (Fsp3) is 0.857. The lowest BCUT2D eigenvalue weighted by atomic mass is 9.83. The van der Waals surface area contributed by atoms with Crippen LogP contribution >= 0.6 is 11.8 Å². The largest absolute Gasteiger partial charge is 0.359 e. The maximum Gasteiger partial charge on any atom is 0.221 e. The van der Waals surface area contributed by atoms with Crippen molar-refractivity contribution in [3.63, 3.8) is 0 Å². The van der Waals surface area contributed by atoms with E-state index >= 15 is 0 Å². The molecule has 19 heavy (non-hydrogen) atoms. The van der Waals surface area contributed by atoms with Gasteiger partial charge in [-0.15, -0.1) is 0 Å². The smallest absolute Gasteiger partial charge is 0.221 e. The molecule has 0 atom stereocenters. The third kappa shape index (κ3) is 4.41. The minimum atomic E-state index is 0.113. The molecule has 2 fully saturated rings. The predicted octanol–water partition coefficient (Wildman–Crippen LogP) is 2.30. The first-order chi connectivity index (χ1) is 9.24. The number of nitrogens with one attached hydrogen (secondary N) is 2. The van der Waals surface area contributed by atoms with Gasteiger partial charge in [0.15, 0.2) is 5.17 Å². The summed E-state index contributed by atoms with van der Waals surface area (Å²) in [5.74, 6) is 1.26. The summed E-state index contributed by atoms with van der Waals surface area (Å²) < 4.78 is 0. The average molecular weight is 283 g/mol. The first-order valence-corrected chi connectivity index (χ1v) is 8.45. The molecule has 1 heterocycles. The Balaban J connectivity index is 1.71. The van der Waals surface area contributed by atoms with Crippen LogP contribution in [0.25, 0.3) is 0 Å². The third-order valence-corrected chi connectivity index (χ3v) is 5.04. The molecule has 2 N–H and O–H groups in total. The highest BCUT2D eigenvalue weighted by Gasteiger charge is 2.37. The number of thioether (sulfide) groups is 1. The van der Waals surface area contributed by atoms with E-state index in [4.69, 9.17) is 0 Å². The third-order valence-electron chi connectivity index (χ3n) is 3.83. The normalized spacial score (nSPS) is 23.5. The minimum absolute atomic E-state index is 0.113. The zero-order valence-electron chi connectivity index (χ0n) is 11.8. The summed E-state index contributed by atoms with van der Waals surface area (Å²) in [6.45, 7) is 3.43. The molecule has 1 saturated heterocycles. The van der Waals surface area contributed by atoms with Crippen LogP contribution in [-0.2, 0) is 4.79 Å². The monoisotopic (exact) mass is 283 g/mol. The number of carbonyl (C=O) groups excluding carboxylic acids is 1. The van der Waals surface area contributed by atoms with Crippen molar-refractivity contribution in [2.75, 3.05) is 18.8 Å². The van der Waals surface area contributed by atoms with E-state index in [0.29, 0.717) is 18.5 Å². The van der Waals surface area contributed by atoms with Gasteiger partial charge in [-0.05, 0) is 19.3 Å². The van der Waals surface area contributed by atoms with Crippen molar-refractivity contribution in [1.82, 2.24) is 10.6 Å². The molecule has 2 rings (SSSR count). The van der Waals surface area contributed by atoms with Gasteiger partial charge >= 0.3 is 0 Å². The van der Waals surface area contributed by atoms with E-state index in [1.807, 2.05) is 11.8 Å². The molecule has 1 aliphatic carbocycles. The molecule has 1 amide bonds. The molecule has 5 heteroatoms. The Kier molecular flexibility index (Phi) is 5.55. The van der Waals surface area contributed by atoms with Gasteiger partial charge in [0.2, 0.25) is 5.91 Å². The van der Waals surface area contributed by atoms with Gasteiger partial charge in [-0.25, -0.2) is 0 Å². The van der Waals surface area contributed by atoms with Crippen LogP contribution in [0.4, 0.5) is 0 Å². The van der Waals surface area contributed by atoms with Crippen molar-refractivity contribution in [2.45, 2.75) is 57.4 Å². The Bertz CT molecular complexity index is 338. The molecule has 1 saturated carbocycles. The first kappa shape index (κ1) is 14.7. The van der Waals surface area contributed by atoms with E-state index in [-0.39, 0.29) is 5.91 Å². The van der Waals surface area contributed by atoms with Gasteiger partial charge in [0.1, 0.15) is 0 Å². The molecule has 108 valence electrons. The fourth-order valence-electron chi connectivity index (χ4n) is 2.70. The van der Waals surface area contributed by atoms with Crippen LogP contribution in [0.2, 0.25) is 0 Å². The summed E-state index contributed by atoms with van der Waals surface area (Å²) in [7, 11) is 0. The van der Waals surface area contributed by atoms with Crippen LogP contribution in [0.15, 0.2) is 4.99 Å². The number of carbonyl (C=O) groups is 1. The lowest BCUT2D eigenvalue weighted by Crippen LogP contribution is -2.45. The predicted molar refractivity (Wildman–Crippen MR) is 81.6 cm³/mol. The zero-order chi connectivity index (χ0) is 13.6. The lowest BCUT2D eigenvalue weighted by Gasteiger charge is -2.32. The van der Waals surface area contributed by atoms with Crippen LogP contribution < -0.4 is 10.6 Å². The van der Waals surface area contributed by atoms with E-state index in [9.17, 15) is 4.79 Å². The Morgan fingerprint density at radius 2 is 2.21 bits per heavy atom. The van der Waals surface area contributed by atoms with E-state index in [1.54, 1.807) is 0 Å². The molecule has 2 aliphatic rings. The van der Waals surface area contributed by atoms with Crippen LogP contribution in [0.3, 0.4) is 0 Å². The lowest BCUT2D eigenvalue weighted by molar-refractivity contribution is -0.120. The molecule has 1 aliphatic heterocycles. The van der Waals surface area contributed by atoms with E-state index in [1.165, 1.54) is 32.1 Å². The Labute approximate surface area is 120 Å². The van der Waals surface area contributed by atoms with Gasteiger partial charge < -0.3 is 10.6 Å². The molecule has 0 aromatic carbocycles. The van der Waals surface area contributed by atoms with Crippen molar-refractivity contribution in [3.05, 3.63) is 0 Å². The minimum Gasteiger partial charge on any atom is -0.359 e. The summed E-state index contributed by atoms with van der Waals surface area (Å²) in [6.07, 6.45) is 8.07. The summed E-state index contributed by atoms with van der Waals surface area (Å²) in [5.41, 5.74) is 0.312. The highest BCUT2D eigenvalue weighted by molar-refractivity contribution is 8.14.